The fourth-order valence-electron chi connectivity index (χ4n) is 1.18. The van der Waals surface area contributed by atoms with Crippen molar-refractivity contribution in [3.63, 3.8) is 0 Å². The van der Waals surface area contributed by atoms with Crippen LogP contribution in [-0.4, -0.2) is 36.6 Å². The van der Waals surface area contributed by atoms with E-state index in [-0.39, 0.29) is 13.2 Å². The van der Waals surface area contributed by atoms with Crippen LogP contribution in [0.15, 0.2) is 0 Å². The Bertz CT molecular complexity index is 140. The van der Waals surface area contributed by atoms with Gasteiger partial charge in [-0.1, -0.05) is 0 Å². The first-order chi connectivity index (χ1) is 5.06. The normalized spacial score (nSPS) is 32.2. The Morgan fingerprint density at radius 2 is 2.18 bits per heavy atom. The van der Waals surface area contributed by atoms with E-state index in [1.165, 1.54) is 4.90 Å². The summed E-state index contributed by atoms with van der Waals surface area (Å²) in [6.07, 6.45) is 0.324. The summed E-state index contributed by atoms with van der Waals surface area (Å²) in [5.41, 5.74) is 10.4. The third-order valence-corrected chi connectivity index (χ3v) is 1.99. The van der Waals surface area contributed by atoms with Crippen LogP contribution in [0.2, 0.25) is 0 Å². The summed E-state index contributed by atoms with van der Waals surface area (Å²) < 4.78 is 25.6. The Morgan fingerprint density at radius 3 is 2.64 bits per heavy atom. The lowest BCUT2D eigenvalue weighted by atomic mass is 10.0. The Labute approximate surface area is 64.3 Å². The standard InChI is InChI=1S/C6H13F2N3/c7-6(8)3-11(4-9)2-1-5(6)10/h5H,1-4,9-10H2. The van der Waals surface area contributed by atoms with E-state index in [2.05, 4.69) is 0 Å². The molecule has 1 heterocycles. The maximum Gasteiger partial charge on any atom is 0.275 e. The second-order valence-corrected chi connectivity index (χ2v) is 2.89. The zero-order chi connectivity index (χ0) is 8.48. The number of nitrogens with zero attached hydrogens (tertiary/aromatic N) is 1. The number of hydrogen-bond acceptors (Lipinski definition) is 3. The van der Waals surface area contributed by atoms with Crippen LogP contribution in [0, 0.1) is 0 Å². The molecule has 1 saturated heterocycles. The van der Waals surface area contributed by atoms with Gasteiger partial charge in [-0.25, -0.2) is 8.78 Å². The highest BCUT2D eigenvalue weighted by Crippen LogP contribution is 2.24. The molecule has 4 N–H and O–H groups in total. The van der Waals surface area contributed by atoms with Crippen molar-refractivity contribution in [2.45, 2.75) is 18.4 Å². The van der Waals surface area contributed by atoms with Crippen LogP contribution in [0.5, 0.6) is 0 Å². The summed E-state index contributed by atoms with van der Waals surface area (Å²) >= 11 is 0. The van der Waals surface area contributed by atoms with E-state index in [9.17, 15) is 8.78 Å². The molecule has 1 atom stereocenters. The first kappa shape index (κ1) is 8.83. The van der Waals surface area contributed by atoms with E-state index in [4.69, 9.17) is 11.5 Å². The second-order valence-electron chi connectivity index (χ2n) is 2.89. The third-order valence-electron chi connectivity index (χ3n) is 1.99. The van der Waals surface area contributed by atoms with Crippen molar-refractivity contribution in [2.75, 3.05) is 19.8 Å². The van der Waals surface area contributed by atoms with Gasteiger partial charge in [0.05, 0.1) is 12.6 Å². The molecular weight excluding hydrogens is 152 g/mol. The highest BCUT2D eigenvalue weighted by atomic mass is 19.3. The predicted octanol–water partition coefficient (Wildman–Crippen LogP) is -0.429. The molecule has 0 bridgehead atoms. The molecule has 0 amide bonds. The molecule has 0 spiro atoms. The van der Waals surface area contributed by atoms with Gasteiger partial charge in [0, 0.05) is 13.2 Å². The van der Waals surface area contributed by atoms with Gasteiger partial charge in [-0.15, -0.1) is 0 Å². The summed E-state index contributed by atoms with van der Waals surface area (Å²) in [4.78, 5) is 1.50. The molecule has 1 aliphatic rings. The molecule has 1 unspecified atom stereocenters. The predicted molar refractivity (Wildman–Crippen MR) is 38.2 cm³/mol. The minimum Gasteiger partial charge on any atom is -0.323 e. The number of alkyl halides is 2. The lowest BCUT2D eigenvalue weighted by Crippen LogP contribution is -2.56. The second kappa shape index (κ2) is 3.00. The van der Waals surface area contributed by atoms with E-state index < -0.39 is 12.0 Å². The topological polar surface area (TPSA) is 55.3 Å². The van der Waals surface area contributed by atoms with E-state index in [1.807, 2.05) is 0 Å². The number of piperidine rings is 1. The van der Waals surface area contributed by atoms with Crippen LogP contribution in [0.1, 0.15) is 6.42 Å². The highest BCUT2D eigenvalue weighted by molar-refractivity contribution is 4.88. The van der Waals surface area contributed by atoms with Crippen molar-refractivity contribution in [3.8, 4) is 0 Å². The third kappa shape index (κ3) is 1.85. The van der Waals surface area contributed by atoms with Gasteiger partial charge >= 0.3 is 0 Å². The molecule has 1 rings (SSSR count). The fraction of sp³-hybridized carbons (Fsp3) is 1.00. The van der Waals surface area contributed by atoms with Crippen LogP contribution < -0.4 is 11.5 Å². The molecule has 3 nitrogen and oxygen atoms in total. The first-order valence-electron chi connectivity index (χ1n) is 3.62. The van der Waals surface area contributed by atoms with Gasteiger partial charge in [0.25, 0.3) is 5.92 Å². The Kier molecular flexibility index (Phi) is 2.41. The summed E-state index contributed by atoms with van der Waals surface area (Å²) in [5, 5.41) is 0. The van der Waals surface area contributed by atoms with E-state index in [1.54, 1.807) is 0 Å². The van der Waals surface area contributed by atoms with Crippen LogP contribution in [0.25, 0.3) is 0 Å². The van der Waals surface area contributed by atoms with Gasteiger partial charge in [0.15, 0.2) is 0 Å². The highest BCUT2D eigenvalue weighted by Gasteiger charge is 2.41. The lowest BCUT2D eigenvalue weighted by Gasteiger charge is -2.35. The molecular formula is C6H13F2N3. The molecule has 1 fully saturated rings. The van der Waals surface area contributed by atoms with Gasteiger partial charge < -0.3 is 11.5 Å². The zero-order valence-corrected chi connectivity index (χ0v) is 6.26. The monoisotopic (exact) mass is 165 g/mol. The van der Waals surface area contributed by atoms with Gasteiger partial charge in [0.2, 0.25) is 0 Å². The molecule has 0 aromatic rings. The van der Waals surface area contributed by atoms with Gasteiger partial charge in [0.1, 0.15) is 0 Å². The molecule has 0 aromatic carbocycles. The van der Waals surface area contributed by atoms with Gasteiger partial charge in [-0.05, 0) is 6.42 Å². The van der Waals surface area contributed by atoms with Crippen molar-refractivity contribution in [1.82, 2.24) is 4.90 Å². The number of nitrogens with two attached hydrogens (primary N) is 2. The molecule has 0 radical (unpaired) electrons. The van der Waals surface area contributed by atoms with Crippen LogP contribution >= 0.6 is 0 Å². The number of halogens is 2. The minimum atomic E-state index is -2.77. The summed E-state index contributed by atoms with van der Waals surface area (Å²) in [6, 6.07) is -0.995. The molecule has 66 valence electrons. The summed E-state index contributed by atoms with van der Waals surface area (Å²) in [5.74, 6) is -2.77. The van der Waals surface area contributed by atoms with Crippen LogP contribution in [0.4, 0.5) is 8.78 Å². The van der Waals surface area contributed by atoms with Crippen LogP contribution in [-0.2, 0) is 0 Å². The van der Waals surface area contributed by atoms with Crippen molar-refractivity contribution in [2.24, 2.45) is 11.5 Å². The molecule has 11 heavy (non-hydrogen) atoms. The number of likely N-dealkylation sites (tertiary alicyclic amines) is 1. The van der Waals surface area contributed by atoms with E-state index in [0.29, 0.717) is 13.0 Å². The Balaban J connectivity index is 2.52. The quantitative estimate of drug-likeness (QED) is 0.554. The van der Waals surface area contributed by atoms with E-state index in [0.717, 1.165) is 0 Å². The Hall–Kier alpha value is -0.260. The first-order valence-corrected chi connectivity index (χ1v) is 3.62. The number of hydrogen-bond donors (Lipinski definition) is 2. The number of rotatable bonds is 1. The van der Waals surface area contributed by atoms with Gasteiger partial charge in [-0.3, -0.25) is 4.90 Å². The van der Waals surface area contributed by atoms with Crippen LogP contribution in [0.3, 0.4) is 0 Å². The average molecular weight is 165 g/mol. The average Bonchev–Trinajstić information content (AvgIpc) is 1.95. The molecule has 0 aliphatic carbocycles. The van der Waals surface area contributed by atoms with Crippen molar-refractivity contribution in [1.29, 1.82) is 0 Å². The maximum absolute atomic E-state index is 12.8. The smallest absolute Gasteiger partial charge is 0.275 e. The summed E-state index contributed by atoms with van der Waals surface area (Å²) in [7, 11) is 0. The van der Waals surface area contributed by atoms with Crippen molar-refractivity contribution < 1.29 is 8.78 Å². The molecule has 1 aliphatic heterocycles. The Morgan fingerprint density at radius 1 is 1.55 bits per heavy atom. The summed E-state index contributed by atoms with van der Waals surface area (Å²) in [6.45, 7) is 0.459. The lowest BCUT2D eigenvalue weighted by molar-refractivity contribution is -0.0790. The maximum atomic E-state index is 12.8. The fourth-order valence-corrected chi connectivity index (χ4v) is 1.18. The SMILES string of the molecule is NCN1CCC(N)C(F)(F)C1. The molecule has 0 saturated carbocycles. The van der Waals surface area contributed by atoms with Gasteiger partial charge in [-0.2, -0.15) is 0 Å². The van der Waals surface area contributed by atoms with Crippen molar-refractivity contribution >= 4 is 0 Å². The minimum absolute atomic E-state index is 0.183. The molecule has 5 heteroatoms. The molecule has 0 aromatic heterocycles. The van der Waals surface area contributed by atoms with E-state index >= 15 is 0 Å². The van der Waals surface area contributed by atoms with Crippen molar-refractivity contribution in [3.05, 3.63) is 0 Å². The largest absolute Gasteiger partial charge is 0.323 e. The zero-order valence-electron chi connectivity index (χ0n) is 6.26.